The first-order valence-electron chi connectivity index (χ1n) is 13.5. The van der Waals surface area contributed by atoms with Gasteiger partial charge < -0.3 is 0 Å². The predicted molar refractivity (Wildman–Crippen MR) is 133 cm³/mol. The molecule has 0 N–H and O–H groups in total. The quantitative estimate of drug-likeness (QED) is 0.250. The smallest absolute Gasteiger partial charge is 0.195 e. The summed E-state index contributed by atoms with van der Waals surface area (Å²) in [6.45, 7) is 2.25. The molecule has 176 valence electrons. The lowest BCUT2D eigenvalue weighted by Crippen LogP contribution is -2.25. The van der Waals surface area contributed by atoms with Gasteiger partial charge in [-0.25, -0.2) is 0 Å². The first kappa shape index (κ1) is 25.0. The predicted octanol–water partition coefficient (Wildman–Crippen LogP) is 9.12. The molecule has 0 heterocycles. The van der Waals surface area contributed by atoms with Crippen LogP contribution in [0, 0.1) is 35.0 Å². The number of hydrogen-bond acceptors (Lipinski definition) is 1. The van der Waals surface area contributed by atoms with Crippen LogP contribution in [0.5, 0.6) is 0 Å². The molecule has 0 atom stereocenters. The third kappa shape index (κ3) is 8.38. The maximum atomic E-state index is 12.9. The van der Waals surface area contributed by atoms with E-state index in [-0.39, 0.29) is 0 Å². The summed E-state index contributed by atoms with van der Waals surface area (Å²) in [5.41, 5.74) is 2.99. The van der Waals surface area contributed by atoms with E-state index < -0.39 is 5.83 Å². The molecule has 2 heteroatoms. The monoisotopic (exact) mass is 437 g/mol. The molecule has 0 aromatic heterocycles. The van der Waals surface area contributed by atoms with Crippen LogP contribution in [0.1, 0.15) is 108 Å². The lowest BCUT2D eigenvalue weighted by atomic mass is 9.68. The number of aryl methyl sites for hydroxylation is 2. The molecule has 0 radical (unpaired) electrons. The summed E-state index contributed by atoms with van der Waals surface area (Å²) in [6.07, 6.45) is 22.3. The lowest BCUT2D eigenvalue weighted by molar-refractivity contribution is 0.140. The van der Waals surface area contributed by atoms with Crippen molar-refractivity contribution in [3.05, 3.63) is 47.3 Å². The average molecular weight is 438 g/mol. The number of benzene rings is 1. The molecule has 0 aliphatic heterocycles. The molecule has 2 fully saturated rings. The normalized spacial score (nSPS) is 26.6. The van der Waals surface area contributed by atoms with E-state index in [4.69, 9.17) is 5.26 Å². The van der Waals surface area contributed by atoms with E-state index in [1.54, 1.807) is 6.07 Å². The molecule has 0 spiro atoms. The topological polar surface area (TPSA) is 23.8 Å². The van der Waals surface area contributed by atoms with Crippen molar-refractivity contribution in [3.8, 4) is 6.07 Å². The van der Waals surface area contributed by atoms with E-state index in [9.17, 15) is 4.39 Å². The highest BCUT2D eigenvalue weighted by Gasteiger charge is 2.30. The highest BCUT2D eigenvalue weighted by molar-refractivity contribution is 5.22. The second kappa shape index (κ2) is 13.8. The molecule has 2 aliphatic carbocycles. The summed E-state index contributed by atoms with van der Waals surface area (Å²) >= 11 is 0. The number of rotatable bonds is 11. The van der Waals surface area contributed by atoms with E-state index in [0.717, 1.165) is 36.5 Å². The van der Waals surface area contributed by atoms with Gasteiger partial charge in [0.05, 0.1) is 0 Å². The van der Waals surface area contributed by atoms with Gasteiger partial charge in [-0.15, -0.1) is 0 Å². The van der Waals surface area contributed by atoms with Crippen molar-refractivity contribution in [3.63, 3.8) is 0 Å². The van der Waals surface area contributed by atoms with Crippen molar-refractivity contribution >= 4 is 0 Å². The van der Waals surface area contributed by atoms with Gasteiger partial charge in [-0.1, -0.05) is 76.1 Å². The standard InChI is InChI=1S/C30H44FN/c1-2-6-24-11-13-25(14-12-24)7-3-4-8-26-15-19-28(20-16-26)29-21-17-27(18-22-29)9-5-10-30(31)23-32/h10-14,26-29H,2-9,15-22H2,1H3. The number of halogens is 1. The first-order chi connectivity index (χ1) is 15.7. The molecule has 32 heavy (non-hydrogen) atoms. The van der Waals surface area contributed by atoms with Crippen LogP contribution in [0.15, 0.2) is 36.2 Å². The molecule has 1 aromatic rings. The van der Waals surface area contributed by atoms with Gasteiger partial charge in [0.15, 0.2) is 5.83 Å². The minimum absolute atomic E-state index is 0.614. The summed E-state index contributed by atoms with van der Waals surface area (Å²) in [4.78, 5) is 0. The molecular formula is C30H44FN. The fourth-order valence-corrected chi connectivity index (χ4v) is 6.31. The second-order valence-electron chi connectivity index (χ2n) is 10.6. The number of hydrogen-bond donors (Lipinski definition) is 0. The SMILES string of the molecule is CCCc1ccc(CCCCC2CCC(C3CCC(CCC=C(F)C#N)CC3)CC2)cc1. The first-order valence-corrected chi connectivity index (χ1v) is 13.5. The van der Waals surface area contributed by atoms with Crippen LogP contribution in [0.3, 0.4) is 0 Å². The molecule has 1 aromatic carbocycles. The van der Waals surface area contributed by atoms with Gasteiger partial charge in [-0.3, -0.25) is 0 Å². The van der Waals surface area contributed by atoms with Gasteiger partial charge in [0.1, 0.15) is 6.07 Å². The van der Waals surface area contributed by atoms with Crippen molar-refractivity contribution < 1.29 is 4.39 Å². The van der Waals surface area contributed by atoms with E-state index >= 15 is 0 Å². The van der Waals surface area contributed by atoms with Crippen molar-refractivity contribution in [1.29, 1.82) is 5.26 Å². The van der Waals surface area contributed by atoms with Gasteiger partial charge in [0.25, 0.3) is 0 Å². The molecule has 2 aliphatic rings. The average Bonchev–Trinajstić information content (AvgIpc) is 2.84. The van der Waals surface area contributed by atoms with Crippen molar-refractivity contribution in [1.82, 2.24) is 0 Å². The molecule has 1 nitrogen and oxygen atoms in total. The highest BCUT2D eigenvalue weighted by Crippen LogP contribution is 2.43. The molecular weight excluding hydrogens is 393 g/mol. The summed E-state index contributed by atoms with van der Waals surface area (Å²) in [6, 6.07) is 10.9. The summed E-state index contributed by atoms with van der Waals surface area (Å²) in [7, 11) is 0. The molecule has 2 saturated carbocycles. The highest BCUT2D eigenvalue weighted by atomic mass is 19.1. The minimum atomic E-state index is -0.614. The van der Waals surface area contributed by atoms with Gasteiger partial charge in [0.2, 0.25) is 0 Å². The van der Waals surface area contributed by atoms with E-state index in [1.165, 1.54) is 107 Å². The third-order valence-corrected chi connectivity index (χ3v) is 8.34. The fraction of sp³-hybridized carbons (Fsp3) is 0.700. The zero-order valence-corrected chi connectivity index (χ0v) is 20.3. The number of nitriles is 1. The molecule has 3 rings (SSSR count). The summed E-state index contributed by atoms with van der Waals surface area (Å²) in [5, 5.41) is 8.51. The van der Waals surface area contributed by atoms with Crippen molar-refractivity contribution in [2.45, 2.75) is 110 Å². The Morgan fingerprint density at radius 3 is 1.91 bits per heavy atom. The van der Waals surface area contributed by atoms with Gasteiger partial charge in [-0.05, 0) is 98.7 Å². The molecule has 0 unspecified atom stereocenters. The van der Waals surface area contributed by atoms with E-state index in [1.807, 2.05) is 0 Å². The Bertz CT molecular complexity index is 712. The van der Waals surface area contributed by atoms with Gasteiger partial charge in [0, 0.05) is 0 Å². The van der Waals surface area contributed by atoms with Crippen LogP contribution in [-0.2, 0) is 12.8 Å². The number of nitrogens with zero attached hydrogens (tertiary/aromatic N) is 1. The summed E-state index contributed by atoms with van der Waals surface area (Å²) < 4.78 is 12.9. The Kier molecular flexibility index (Phi) is 10.8. The Balaban J connectivity index is 1.25. The molecule has 0 saturated heterocycles. The van der Waals surface area contributed by atoms with Crippen molar-refractivity contribution in [2.24, 2.45) is 23.7 Å². The van der Waals surface area contributed by atoms with Gasteiger partial charge >= 0.3 is 0 Å². The Morgan fingerprint density at radius 1 is 0.844 bits per heavy atom. The van der Waals surface area contributed by atoms with Crippen molar-refractivity contribution in [2.75, 3.05) is 0 Å². The second-order valence-corrected chi connectivity index (χ2v) is 10.6. The Morgan fingerprint density at radius 2 is 1.38 bits per heavy atom. The minimum Gasteiger partial charge on any atom is -0.195 e. The largest absolute Gasteiger partial charge is 0.196 e. The van der Waals surface area contributed by atoms with Crippen LogP contribution in [-0.4, -0.2) is 0 Å². The van der Waals surface area contributed by atoms with Crippen LogP contribution < -0.4 is 0 Å². The molecule has 0 bridgehead atoms. The van der Waals surface area contributed by atoms with Gasteiger partial charge in [-0.2, -0.15) is 9.65 Å². The van der Waals surface area contributed by atoms with Crippen LogP contribution in [0.2, 0.25) is 0 Å². The lowest BCUT2D eigenvalue weighted by Gasteiger charge is -2.38. The zero-order chi connectivity index (χ0) is 22.6. The van der Waals surface area contributed by atoms with E-state index in [2.05, 4.69) is 31.2 Å². The fourth-order valence-electron chi connectivity index (χ4n) is 6.31. The zero-order valence-electron chi connectivity index (χ0n) is 20.3. The summed E-state index contributed by atoms with van der Waals surface area (Å²) in [5.74, 6) is 3.00. The van der Waals surface area contributed by atoms with Crippen LogP contribution in [0.4, 0.5) is 4.39 Å². The van der Waals surface area contributed by atoms with Crippen LogP contribution >= 0.6 is 0 Å². The van der Waals surface area contributed by atoms with E-state index in [0.29, 0.717) is 0 Å². The van der Waals surface area contributed by atoms with Crippen LogP contribution in [0.25, 0.3) is 0 Å². The molecule has 0 amide bonds. The maximum Gasteiger partial charge on any atom is 0.196 e. The number of allylic oxidation sites excluding steroid dienone is 2. The maximum absolute atomic E-state index is 12.9. The Labute approximate surface area is 196 Å². The Hall–Kier alpha value is -1.62. The number of unbranched alkanes of at least 4 members (excludes halogenated alkanes) is 1. The third-order valence-electron chi connectivity index (χ3n) is 8.34.